The van der Waals surface area contributed by atoms with Crippen molar-refractivity contribution in [3.05, 3.63) is 83.1 Å². The van der Waals surface area contributed by atoms with Crippen molar-refractivity contribution >= 4 is 12.0 Å². The van der Waals surface area contributed by atoms with Gasteiger partial charge in [-0.25, -0.2) is 13.8 Å². The topological polar surface area (TPSA) is 56.6 Å². The lowest BCUT2D eigenvalue weighted by Crippen LogP contribution is -2.49. The Hall–Kier alpha value is -3.68. The fourth-order valence-electron chi connectivity index (χ4n) is 4.89. The lowest BCUT2D eigenvalue weighted by atomic mass is 10.0. The molecule has 2 aromatic carbocycles. The highest BCUT2D eigenvalue weighted by Gasteiger charge is 2.46. The summed E-state index contributed by atoms with van der Waals surface area (Å²) in [6, 6.07) is 8.99. The van der Waals surface area contributed by atoms with E-state index in [1.54, 1.807) is 30.5 Å². The van der Waals surface area contributed by atoms with Crippen molar-refractivity contribution in [3.63, 3.8) is 0 Å². The molecule has 2 aliphatic rings. The number of methoxy groups -OCH3 is 1. The van der Waals surface area contributed by atoms with Gasteiger partial charge in [0.1, 0.15) is 11.9 Å². The van der Waals surface area contributed by atoms with Crippen LogP contribution in [0.4, 0.5) is 8.78 Å². The maximum Gasteiger partial charge on any atom is 0.289 e. The van der Waals surface area contributed by atoms with E-state index in [9.17, 15) is 13.6 Å². The summed E-state index contributed by atoms with van der Waals surface area (Å²) >= 11 is 0. The highest BCUT2D eigenvalue weighted by Crippen LogP contribution is 2.42. The van der Waals surface area contributed by atoms with E-state index >= 15 is 0 Å². The van der Waals surface area contributed by atoms with Crippen molar-refractivity contribution in [2.75, 3.05) is 7.11 Å². The third kappa shape index (κ3) is 3.83. The summed E-state index contributed by atoms with van der Waals surface area (Å²) in [5.41, 5.74) is 3.05. The summed E-state index contributed by atoms with van der Waals surface area (Å²) in [4.78, 5) is 19.5. The molecule has 1 aromatic heterocycles. The minimum Gasteiger partial charge on any atom is -0.495 e. The van der Waals surface area contributed by atoms with Gasteiger partial charge in [0.15, 0.2) is 17.4 Å². The van der Waals surface area contributed by atoms with Crippen LogP contribution in [-0.2, 0) is 9.53 Å². The molecule has 6 nitrogen and oxygen atoms in total. The fourth-order valence-corrected chi connectivity index (χ4v) is 4.89. The number of ether oxygens (including phenoxy) is 2. The third-order valence-corrected chi connectivity index (χ3v) is 6.55. The Balaban J connectivity index is 1.47. The number of imidazole rings is 1. The molecule has 34 heavy (non-hydrogen) atoms. The van der Waals surface area contributed by atoms with Gasteiger partial charge in [-0.2, -0.15) is 0 Å². The summed E-state index contributed by atoms with van der Waals surface area (Å²) < 4.78 is 40.8. The number of nitrogens with zero attached hydrogens (tertiary/aromatic N) is 3. The molecule has 0 saturated carbocycles. The summed E-state index contributed by atoms with van der Waals surface area (Å²) in [6.07, 6.45) is 6.48. The van der Waals surface area contributed by atoms with Gasteiger partial charge in [-0.15, -0.1) is 0 Å². The van der Waals surface area contributed by atoms with Crippen LogP contribution in [0.1, 0.15) is 42.6 Å². The SMILES string of the molecule is COc1cc(/C=C2\O[C@@H](C)C3CCC(c4ccc(F)c(F)c4)N3C2=O)ccc1-n1cnc(C)c1. The molecule has 3 atom stereocenters. The number of carbonyl (C=O) groups is 1. The second-order valence-corrected chi connectivity index (χ2v) is 8.73. The second-order valence-electron chi connectivity index (χ2n) is 8.73. The van der Waals surface area contributed by atoms with Gasteiger partial charge < -0.3 is 18.9 Å². The molecule has 0 N–H and O–H groups in total. The van der Waals surface area contributed by atoms with Crippen LogP contribution in [-0.4, -0.2) is 39.6 Å². The first-order valence-electron chi connectivity index (χ1n) is 11.2. The van der Waals surface area contributed by atoms with Crippen molar-refractivity contribution in [1.29, 1.82) is 0 Å². The Labute approximate surface area is 196 Å². The molecule has 1 amide bonds. The normalized spacial score (nSPS) is 23.2. The molecular formula is C26H25F2N3O3. The number of aromatic nitrogens is 2. The maximum absolute atomic E-state index is 13.9. The van der Waals surface area contributed by atoms with Gasteiger partial charge in [0, 0.05) is 6.20 Å². The monoisotopic (exact) mass is 465 g/mol. The van der Waals surface area contributed by atoms with Crippen LogP contribution in [0.15, 0.2) is 54.7 Å². The number of hydrogen-bond acceptors (Lipinski definition) is 4. The number of aryl methyl sites for hydroxylation is 1. The molecule has 2 fully saturated rings. The Bertz CT molecular complexity index is 1290. The van der Waals surface area contributed by atoms with Gasteiger partial charge in [-0.1, -0.05) is 12.1 Å². The average molecular weight is 466 g/mol. The zero-order valence-electron chi connectivity index (χ0n) is 19.2. The maximum atomic E-state index is 13.9. The molecule has 0 bridgehead atoms. The largest absolute Gasteiger partial charge is 0.495 e. The van der Waals surface area contributed by atoms with E-state index in [1.165, 1.54) is 6.07 Å². The van der Waals surface area contributed by atoms with Gasteiger partial charge in [0.05, 0.1) is 36.9 Å². The smallest absolute Gasteiger partial charge is 0.289 e. The van der Waals surface area contributed by atoms with Crippen LogP contribution < -0.4 is 4.74 Å². The van der Waals surface area contributed by atoms with Gasteiger partial charge in [-0.05, 0) is 68.2 Å². The van der Waals surface area contributed by atoms with Crippen molar-refractivity contribution in [2.45, 2.75) is 44.9 Å². The van der Waals surface area contributed by atoms with Gasteiger partial charge in [-0.3, -0.25) is 4.79 Å². The number of fused-ring (bicyclic) bond motifs is 1. The van der Waals surface area contributed by atoms with E-state index in [-0.39, 0.29) is 29.9 Å². The zero-order valence-corrected chi connectivity index (χ0v) is 19.2. The number of amides is 1. The minimum atomic E-state index is -0.911. The van der Waals surface area contributed by atoms with Crippen LogP contribution >= 0.6 is 0 Å². The molecular weight excluding hydrogens is 440 g/mol. The van der Waals surface area contributed by atoms with E-state index in [4.69, 9.17) is 9.47 Å². The van der Waals surface area contributed by atoms with E-state index in [0.29, 0.717) is 17.7 Å². The third-order valence-electron chi connectivity index (χ3n) is 6.55. The Kier molecular flexibility index (Phi) is 5.59. The number of benzene rings is 2. The zero-order chi connectivity index (χ0) is 24.0. The Morgan fingerprint density at radius 2 is 1.97 bits per heavy atom. The first-order valence-corrected chi connectivity index (χ1v) is 11.2. The van der Waals surface area contributed by atoms with Gasteiger partial charge in [0.25, 0.3) is 5.91 Å². The molecule has 0 radical (unpaired) electrons. The molecule has 2 unspecified atom stereocenters. The van der Waals surface area contributed by atoms with Crippen LogP contribution in [0, 0.1) is 18.6 Å². The van der Waals surface area contributed by atoms with Gasteiger partial charge >= 0.3 is 0 Å². The molecule has 176 valence electrons. The van der Waals surface area contributed by atoms with Crippen molar-refractivity contribution in [3.8, 4) is 11.4 Å². The predicted octanol–water partition coefficient (Wildman–Crippen LogP) is 4.96. The standard InChI is InChI=1S/C26H25F2N3O3/c1-15-13-30(14-29-15)23-7-4-17(10-24(23)33-3)11-25-26(32)31-21(16(2)34-25)8-9-22(31)18-5-6-19(27)20(28)12-18/h4-7,10-14,16,21-22H,8-9H2,1-3H3/b25-11-/t16-,21?,22?/m0/s1. The lowest BCUT2D eigenvalue weighted by molar-refractivity contribution is -0.144. The minimum absolute atomic E-state index is 0.121. The van der Waals surface area contributed by atoms with Crippen LogP contribution in [0.25, 0.3) is 11.8 Å². The molecule has 0 spiro atoms. The summed E-state index contributed by atoms with van der Waals surface area (Å²) in [7, 11) is 1.59. The van der Waals surface area contributed by atoms with Crippen molar-refractivity contribution in [1.82, 2.24) is 14.5 Å². The van der Waals surface area contributed by atoms with Crippen molar-refractivity contribution < 1.29 is 23.0 Å². The van der Waals surface area contributed by atoms with E-state index in [1.807, 2.05) is 42.8 Å². The first-order chi connectivity index (χ1) is 16.4. The molecule has 0 aliphatic carbocycles. The molecule has 8 heteroatoms. The highest BCUT2D eigenvalue weighted by molar-refractivity contribution is 5.97. The molecule has 2 saturated heterocycles. The molecule has 2 aliphatic heterocycles. The number of morpholine rings is 1. The molecule has 5 rings (SSSR count). The number of rotatable bonds is 4. The summed E-state index contributed by atoms with van der Waals surface area (Å²) in [5.74, 6) is -1.23. The number of carbonyl (C=O) groups excluding carboxylic acids is 1. The second kappa shape index (κ2) is 8.59. The van der Waals surface area contributed by atoms with E-state index < -0.39 is 11.6 Å². The van der Waals surface area contributed by atoms with Crippen LogP contribution in [0.5, 0.6) is 5.75 Å². The van der Waals surface area contributed by atoms with Crippen LogP contribution in [0.3, 0.4) is 0 Å². The van der Waals surface area contributed by atoms with E-state index in [2.05, 4.69) is 4.98 Å². The van der Waals surface area contributed by atoms with Crippen LogP contribution in [0.2, 0.25) is 0 Å². The van der Waals surface area contributed by atoms with Gasteiger partial charge in [0.2, 0.25) is 0 Å². The van der Waals surface area contributed by atoms with Crippen molar-refractivity contribution in [2.24, 2.45) is 0 Å². The Morgan fingerprint density at radius 3 is 2.68 bits per heavy atom. The summed E-state index contributed by atoms with van der Waals surface area (Å²) in [6.45, 7) is 3.84. The Morgan fingerprint density at radius 1 is 1.15 bits per heavy atom. The summed E-state index contributed by atoms with van der Waals surface area (Å²) in [5, 5.41) is 0. The molecule has 3 aromatic rings. The average Bonchev–Trinajstić information content (AvgIpc) is 3.46. The number of hydrogen-bond donors (Lipinski definition) is 0. The predicted molar refractivity (Wildman–Crippen MR) is 122 cm³/mol. The number of halogens is 2. The molecule has 3 heterocycles. The fraction of sp³-hybridized carbons (Fsp3) is 0.308. The lowest BCUT2D eigenvalue weighted by Gasteiger charge is -2.39. The van der Waals surface area contributed by atoms with E-state index in [0.717, 1.165) is 29.4 Å². The first kappa shape index (κ1) is 22.1. The quantitative estimate of drug-likeness (QED) is 0.511. The highest BCUT2D eigenvalue weighted by atomic mass is 19.2.